The maximum Gasteiger partial charge on any atom is 0.234 e. The molecule has 0 aromatic carbocycles. The highest BCUT2D eigenvalue weighted by Gasteiger charge is 2.22. The Kier molecular flexibility index (Phi) is 5.28. The number of amides is 2. The average molecular weight is 215 g/mol. The summed E-state index contributed by atoms with van der Waals surface area (Å²) in [5.74, 6) is -0.549. The van der Waals surface area contributed by atoms with Crippen molar-refractivity contribution >= 4 is 11.8 Å². The second kappa shape index (κ2) is 5.70. The van der Waals surface area contributed by atoms with E-state index in [0.29, 0.717) is 0 Å². The van der Waals surface area contributed by atoms with Gasteiger partial charge in [0.05, 0.1) is 6.54 Å². The van der Waals surface area contributed by atoms with Gasteiger partial charge >= 0.3 is 0 Å². The van der Waals surface area contributed by atoms with Crippen molar-refractivity contribution < 1.29 is 9.59 Å². The van der Waals surface area contributed by atoms with E-state index in [2.05, 4.69) is 10.6 Å². The Morgan fingerprint density at radius 3 is 2.27 bits per heavy atom. The molecule has 0 aliphatic rings. The van der Waals surface area contributed by atoms with Gasteiger partial charge in [-0.25, -0.2) is 0 Å². The van der Waals surface area contributed by atoms with Crippen LogP contribution < -0.4 is 16.4 Å². The van der Waals surface area contributed by atoms with Crippen LogP contribution in [0.1, 0.15) is 34.1 Å². The van der Waals surface area contributed by atoms with Crippen molar-refractivity contribution in [1.29, 1.82) is 0 Å². The molecule has 0 rings (SSSR count). The lowest BCUT2D eigenvalue weighted by atomic mass is 10.0. The number of hydrogen-bond donors (Lipinski definition) is 3. The highest BCUT2D eigenvalue weighted by atomic mass is 16.2. The van der Waals surface area contributed by atoms with Crippen LogP contribution in [0.4, 0.5) is 0 Å². The molecule has 0 atom stereocenters. The maximum atomic E-state index is 11.4. The summed E-state index contributed by atoms with van der Waals surface area (Å²) in [5, 5.41) is 5.73. The SMILES string of the molecule is CC(C)NCC(=O)NC(C)(C)CC(N)=O. The maximum absolute atomic E-state index is 11.4. The van der Waals surface area contributed by atoms with Crippen molar-refractivity contribution in [3.63, 3.8) is 0 Å². The zero-order valence-electron chi connectivity index (χ0n) is 9.89. The summed E-state index contributed by atoms with van der Waals surface area (Å²) < 4.78 is 0. The first-order valence-electron chi connectivity index (χ1n) is 5.05. The molecule has 0 fully saturated rings. The number of rotatable bonds is 6. The number of carbonyl (C=O) groups is 2. The molecule has 0 heterocycles. The van der Waals surface area contributed by atoms with Crippen LogP contribution in [0.3, 0.4) is 0 Å². The number of carbonyl (C=O) groups excluding carboxylic acids is 2. The van der Waals surface area contributed by atoms with Gasteiger partial charge in [0, 0.05) is 18.0 Å². The summed E-state index contributed by atoms with van der Waals surface area (Å²) in [6, 6.07) is 0.259. The molecule has 88 valence electrons. The van der Waals surface area contributed by atoms with Crippen molar-refractivity contribution in [1.82, 2.24) is 10.6 Å². The second-order valence-electron chi connectivity index (χ2n) is 4.61. The zero-order chi connectivity index (χ0) is 12.1. The summed E-state index contributed by atoms with van der Waals surface area (Å²) in [7, 11) is 0. The smallest absolute Gasteiger partial charge is 0.234 e. The van der Waals surface area contributed by atoms with Crippen LogP contribution in [0, 0.1) is 0 Å². The van der Waals surface area contributed by atoms with E-state index < -0.39 is 11.4 Å². The number of primary amides is 1. The second-order valence-corrected chi connectivity index (χ2v) is 4.61. The van der Waals surface area contributed by atoms with Gasteiger partial charge < -0.3 is 16.4 Å². The average Bonchev–Trinajstić information content (AvgIpc) is 1.96. The standard InChI is InChI=1S/C10H21N3O2/c1-7(2)12-6-9(15)13-10(3,4)5-8(11)14/h7,12H,5-6H2,1-4H3,(H2,11,14)(H,13,15). The lowest BCUT2D eigenvalue weighted by Gasteiger charge is -2.25. The van der Waals surface area contributed by atoms with E-state index >= 15 is 0 Å². The topological polar surface area (TPSA) is 84.2 Å². The van der Waals surface area contributed by atoms with Gasteiger partial charge in [0.1, 0.15) is 0 Å². The first-order valence-corrected chi connectivity index (χ1v) is 5.05. The Hall–Kier alpha value is -1.10. The molecule has 0 saturated carbocycles. The Morgan fingerprint density at radius 2 is 1.87 bits per heavy atom. The minimum atomic E-state index is -0.582. The summed E-state index contributed by atoms with van der Waals surface area (Å²) in [5.41, 5.74) is 4.49. The largest absolute Gasteiger partial charge is 0.370 e. The van der Waals surface area contributed by atoms with Crippen molar-refractivity contribution in [3.05, 3.63) is 0 Å². The van der Waals surface area contributed by atoms with Gasteiger partial charge in [-0.2, -0.15) is 0 Å². The summed E-state index contributed by atoms with van der Waals surface area (Å²) in [6.45, 7) is 7.71. The van der Waals surface area contributed by atoms with Crippen molar-refractivity contribution in [2.45, 2.75) is 45.7 Å². The van der Waals surface area contributed by atoms with Crippen LogP contribution in [-0.2, 0) is 9.59 Å². The Labute approximate surface area is 90.8 Å². The van der Waals surface area contributed by atoms with E-state index in [1.807, 2.05) is 13.8 Å². The highest BCUT2D eigenvalue weighted by molar-refractivity contribution is 5.81. The minimum Gasteiger partial charge on any atom is -0.370 e. The van der Waals surface area contributed by atoms with Gasteiger partial charge in [-0.3, -0.25) is 9.59 Å². The molecule has 0 radical (unpaired) electrons. The van der Waals surface area contributed by atoms with Gasteiger partial charge in [0.2, 0.25) is 11.8 Å². The molecular formula is C10H21N3O2. The first kappa shape index (κ1) is 13.9. The van der Waals surface area contributed by atoms with Crippen LogP contribution in [0.5, 0.6) is 0 Å². The molecule has 4 N–H and O–H groups in total. The lowest BCUT2D eigenvalue weighted by molar-refractivity contribution is -0.123. The minimum absolute atomic E-state index is 0.130. The van der Waals surface area contributed by atoms with E-state index in [1.54, 1.807) is 13.8 Å². The quantitative estimate of drug-likeness (QED) is 0.571. The van der Waals surface area contributed by atoms with Crippen LogP contribution in [0.25, 0.3) is 0 Å². The van der Waals surface area contributed by atoms with E-state index in [4.69, 9.17) is 5.73 Å². The third-order valence-corrected chi connectivity index (χ3v) is 1.76. The van der Waals surface area contributed by atoms with Gasteiger partial charge in [-0.1, -0.05) is 13.8 Å². The number of hydrogen-bond acceptors (Lipinski definition) is 3. The normalized spacial score (nSPS) is 11.5. The molecule has 15 heavy (non-hydrogen) atoms. The molecule has 0 bridgehead atoms. The molecule has 0 aliphatic heterocycles. The Balaban J connectivity index is 3.98. The third-order valence-electron chi connectivity index (χ3n) is 1.76. The fourth-order valence-electron chi connectivity index (χ4n) is 1.20. The monoisotopic (exact) mass is 215 g/mol. The molecule has 0 aliphatic carbocycles. The highest BCUT2D eigenvalue weighted by Crippen LogP contribution is 2.06. The van der Waals surface area contributed by atoms with Gasteiger partial charge in [-0.15, -0.1) is 0 Å². The van der Waals surface area contributed by atoms with Gasteiger partial charge in [-0.05, 0) is 13.8 Å². The fraction of sp³-hybridized carbons (Fsp3) is 0.800. The van der Waals surface area contributed by atoms with E-state index in [1.165, 1.54) is 0 Å². The first-order chi connectivity index (χ1) is 6.73. The molecule has 0 unspecified atom stereocenters. The number of nitrogens with two attached hydrogens (primary N) is 1. The van der Waals surface area contributed by atoms with Gasteiger partial charge in [0.25, 0.3) is 0 Å². The van der Waals surface area contributed by atoms with E-state index in [-0.39, 0.29) is 24.9 Å². The zero-order valence-corrected chi connectivity index (χ0v) is 9.89. The van der Waals surface area contributed by atoms with Crippen molar-refractivity contribution in [2.75, 3.05) is 6.54 Å². The van der Waals surface area contributed by atoms with Crippen molar-refractivity contribution in [3.8, 4) is 0 Å². The van der Waals surface area contributed by atoms with Crippen LogP contribution in [0.15, 0.2) is 0 Å². The lowest BCUT2D eigenvalue weighted by Crippen LogP contribution is -2.49. The predicted molar refractivity (Wildman–Crippen MR) is 59.2 cm³/mol. The van der Waals surface area contributed by atoms with Gasteiger partial charge in [0.15, 0.2) is 0 Å². The van der Waals surface area contributed by atoms with Crippen LogP contribution >= 0.6 is 0 Å². The molecule has 0 aromatic rings. The Morgan fingerprint density at radius 1 is 1.33 bits per heavy atom. The fourth-order valence-corrected chi connectivity index (χ4v) is 1.20. The molecule has 2 amide bonds. The van der Waals surface area contributed by atoms with E-state index in [9.17, 15) is 9.59 Å². The van der Waals surface area contributed by atoms with Crippen LogP contribution in [-0.4, -0.2) is 29.9 Å². The molecule has 5 heteroatoms. The third kappa shape index (κ3) is 7.93. The molecule has 0 saturated heterocycles. The van der Waals surface area contributed by atoms with Crippen LogP contribution in [0.2, 0.25) is 0 Å². The molecule has 0 spiro atoms. The molecule has 5 nitrogen and oxygen atoms in total. The molecular weight excluding hydrogens is 194 g/mol. The predicted octanol–water partition coefficient (Wildman–Crippen LogP) is -0.245. The van der Waals surface area contributed by atoms with E-state index in [0.717, 1.165) is 0 Å². The Bertz CT molecular complexity index is 237. The summed E-state index contributed by atoms with van der Waals surface area (Å²) >= 11 is 0. The number of nitrogens with one attached hydrogen (secondary N) is 2. The van der Waals surface area contributed by atoms with Crippen molar-refractivity contribution in [2.24, 2.45) is 5.73 Å². The molecule has 0 aromatic heterocycles. The summed E-state index contributed by atoms with van der Waals surface area (Å²) in [6.07, 6.45) is 0.139. The summed E-state index contributed by atoms with van der Waals surface area (Å²) in [4.78, 5) is 22.1.